The molecule has 5 nitrogen and oxygen atoms in total. The van der Waals surface area contributed by atoms with Crippen molar-refractivity contribution in [2.45, 2.75) is 18.9 Å². The standard InChI is InChI=1S/C21H22N2O3S/c1-13-6-5-7-15-8-14(2)21(23-20(13)15)27-12-19(24)22-16-9-17(25-3)11-18(10-16)26-4/h5-11H,12H2,1-4H3,(H,22,24). The topological polar surface area (TPSA) is 60.5 Å². The Morgan fingerprint density at radius 1 is 1.04 bits per heavy atom. The SMILES string of the molecule is COc1cc(NC(=O)CSc2nc3c(C)cccc3cc2C)cc(OC)c1. The third-order valence-electron chi connectivity index (χ3n) is 4.17. The van der Waals surface area contributed by atoms with Crippen LogP contribution in [0.1, 0.15) is 11.1 Å². The number of nitrogens with one attached hydrogen (secondary N) is 1. The number of methoxy groups -OCH3 is 2. The summed E-state index contributed by atoms with van der Waals surface area (Å²) in [5, 5.41) is 4.87. The summed E-state index contributed by atoms with van der Waals surface area (Å²) in [6.07, 6.45) is 0. The van der Waals surface area contributed by atoms with Gasteiger partial charge in [0.2, 0.25) is 5.91 Å². The van der Waals surface area contributed by atoms with E-state index >= 15 is 0 Å². The van der Waals surface area contributed by atoms with Gasteiger partial charge in [-0.25, -0.2) is 4.98 Å². The van der Waals surface area contributed by atoms with Crippen LogP contribution in [0.15, 0.2) is 47.5 Å². The Kier molecular flexibility index (Phi) is 5.86. The molecule has 0 aliphatic rings. The molecule has 0 aliphatic carbocycles. The number of nitrogens with zero attached hydrogens (tertiary/aromatic N) is 1. The Morgan fingerprint density at radius 2 is 1.74 bits per heavy atom. The van der Waals surface area contributed by atoms with Crippen molar-refractivity contribution in [2.75, 3.05) is 25.3 Å². The molecule has 2 aromatic carbocycles. The van der Waals surface area contributed by atoms with Crippen LogP contribution in [0.3, 0.4) is 0 Å². The number of fused-ring (bicyclic) bond motifs is 1. The number of para-hydroxylation sites is 1. The summed E-state index contributed by atoms with van der Waals surface area (Å²) in [6.45, 7) is 4.06. The molecule has 0 bridgehead atoms. The highest BCUT2D eigenvalue weighted by Gasteiger charge is 2.10. The molecule has 0 saturated carbocycles. The van der Waals surface area contributed by atoms with Crippen LogP contribution in [-0.2, 0) is 4.79 Å². The number of amides is 1. The fourth-order valence-electron chi connectivity index (χ4n) is 2.79. The number of carbonyl (C=O) groups excluding carboxylic acids is 1. The number of benzene rings is 2. The van der Waals surface area contributed by atoms with E-state index in [-0.39, 0.29) is 11.7 Å². The maximum atomic E-state index is 12.4. The predicted molar refractivity (Wildman–Crippen MR) is 110 cm³/mol. The molecule has 0 aliphatic heterocycles. The summed E-state index contributed by atoms with van der Waals surface area (Å²) in [6, 6.07) is 13.5. The van der Waals surface area contributed by atoms with Gasteiger partial charge in [0.25, 0.3) is 0 Å². The number of aryl methyl sites for hydroxylation is 2. The minimum atomic E-state index is -0.110. The lowest BCUT2D eigenvalue weighted by Gasteiger charge is -2.11. The largest absolute Gasteiger partial charge is 0.497 e. The molecule has 0 saturated heterocycles. The van der Waals surface area contributed by atoms with Crippen molar-refractivity contribution in [3.63, 3.8) is 0 Å². The first kappa shape index (κ1) is 19.0. The van der Waals surface area contributed by atoms with Crippen molar-refractivity contribution < 1.29 is 14.3 Å². The highest BCUT2D eigenvalue weighted by atomic mass is 32.2. The van der Waals surface area contributed by atoms with Gasteiger partial charge in [-0.3, -0.25) is 4.79 Å². The van der Waals surface area contributed by atoms with E-state index in [9.17, 15) is 4.79 Å². The Labute approximate surface area is 163 Å². The van der Waals surface area contributed by atoms with Gasteiger partial charge in [0.05, 0.1) is 25.5 Å². The molecule has 140 valence electrons. The van der Waals surface area contributed by atoms with Gasteiger partial charge >= 0.3 is 0 Å². The maximum Gasteiger partial charge on any atom is 0.234 e. The van der Waals surface area contributed by atoms with Gasteiger partial charge in [-0.2, -0.15) is 0 Å². The van der Waals surface area contributed by atoms with E-state index in [2.05, 4.69) is 17.4 Å². The molecule has 27 heavy (non-hydrogen) atoms. The molecule has 1 N–H and O–H groups in total. The van der Waals surface area contributed by atoms with Crippen molar-refractivity contribution >= 4 is 34.3 Å². The van der Waals surface area contributed by atoms with Crippen molar-refractivity contribution in [1.29, 1.82) is 0 Å². The van der Waals surface area contributed by atoms with Crippen LogP contribution in [0.25, 0.3) is 10.9 Å². The van der Waals surface area contributed by atoms with E-state index in [4.69, 9.17) is 14.5 Å². The van der Waals surface area contributed by atoms with Crippen LogP contribution in [-0.4, -0.2) is 30.9 Å². The zero-order chi connectivity index (χ0) is 19.4. The van der Waals surface area contributed by atoms with Crippen molar-refractivity contribution in [3.8, 4) is 11.5 Å². The molecule has 0 radical (unpaired) electrons. The minimum absolute atomic E-state index is 0.110. The van der Waals surface area contributed by atoms with Gasteiger partial charge in [-0.15, -0.1) is 0 Å². The number of carbonyl (C=O) groups is 1. The molecular weight excluding hydrogens is 360 g/mol. The Hall–Kier alpha value is -2.73. The molecule has 0 fully saturated rings. The van der Waals surface area contributed by atoms with Gasteiger partial charge in [-0.05, 0) is 31.0 Å². The molecule has 6 heteroatoms. The molecule has 1 heterocycles. The predicted octanol–water partition coefficient (Wildman–Crippen LogP) is 4.60. The van der Waals surface area contributed by atoms with Crippen LogP contribution >= 0.6 is 11.8 Å². The van der Waals surface area contributed by atoms with Gasteiger partial charge in [-0.1, -0.05) is 30.0 Å². The fourth-order valence-corrected chi connectivity index (χ4v) is 3.57. The Morgan fingerprint density at radius 3 is 2.41 bits per heavy atom. The number of thioether (sulfide) groups is 1. The first-order valence-electron chi connectivity index (χ1n) is 8.53. The average Bonchev–Trinajstić information content (AvgIpc) is 2.66. The second-order valence-electron chi connectivity index (χ2n) is 6.20. The molecule has 0 spiro atoms. The van der Waals surface area contributed by atoms with Gasteiger partial charge in [0.15, 0.2) is 0 Å². The number of anilines is 1. The van der Waals surface area contributed by atoms with E-state index in [0.717, 1.165) is 27.1 Å². The average molecular weight is 382 g/mol. The second-order valence-corrected chi connectivity index (χ2v) is 7.16. The smallest absolute Gasteiger partial charge is 0.234 e. The molecule has 3 rings (SSSR count). The van der Waals surface area contributed by atoms with Crippen LogP contribution in [0.5, 0.6) is 11.5 Å². The maximum absolute atomic E-state index is 12.4. The number of hydrogen-bond donors (Lipinski definition) is 1. The normalized spacial score (nSPS) is 10.7. The monoisotopic (exact) mass is 382 g/mol. The van der Waals surface area contributed by atoms with Crippen molar-refractivity contribution in [2.24, 2.45) is 0 Å². The minimum Gasteiger partial charge on any atom is -0.497 e. The lowest BCUT2D eigenvalue weighted by molar-refractivity contribution is -0.113. The molecule has 1 aromatic heterocycles. The number of aromatic nitrogens is 1. The van der Waals surface area contributed by atoms with Crippen molar-refractivity contribution in [3.05, 3.63) is 53.6 Å². The zero-order valence-electron chi connectivity index (χ0n) is 15.8. The van der Waals surface area contributed by atoms with E-state index in [1.165, 1.54) is 11.8 Å². The molecule has 0 unspecified atom stereocenters. The highest BCUT2D eigenvalue weighted by Crippen LogP contribution is 2.28. The van der Waals surface area contributed by atoms with E-state index in [1.54, 1.807) is 32.4 Å². The van der Waals surface area contributed by atoms with E-state index < -0.39 is 0 Å². The molecule has 3 aromatic rings. The van der Waals surface area contributed by atoms with Crippen LogP contribution in [0.4, 0.5) is 5.69 Å². The third-order valence-corrected chi connectivity index (χ3v) is 5.26. The number of ether oxygens (including phenoxy) is 2. The Balaban J connectivity index is 1.72. The fraction of sp³-hybridized carbons (Fsp3) is 0.238. The number of pyridine rings is 1. The van der Waals surface area contributed by atoms with Crippen LogP contribution in [0.2, 0.25) is 0 Å². The third kappa shape index (κ3) is 4.52. The first-order chi connectivity index (χ1) is 13.0. The van der Waals surface area contributed by atoms with Crippen LogP contribution < -0.4 is 14.8 Å². The quantitative estimate of drug-likeness (QED) is 0.632. The van der Waals surface area contributed by atoms with Gasteiger partial charge in [0.1, 0.15) is 16.5 Å². The molecule has 0 atom stereocenters. The summed E-state index contributed by atoms with van der Waals surface area (Å²) >= 11 is 1.43. The van der Waals surface area contributed by atoms with Crippen molar-refractivity contribution in [1.82, 2.24) is 4.98 Å². The summed E-state index contributed by atoms with van der Waals surface area (Å²) in [4.78, 5) is 17.1. The van der Waals surface area contributed by atoms with Gasteiger partial charge < -0.3 is 14.8 Å². The second kappa shape index (κ2) is 8.31. The summed E-state index contributed by atoms with van der Waals surface area (Å²) in [5.41, 5.74) is 3.80. The van der Waals surface area contributed by atoms with Gasteiger partial charge in [0, 0.05) is 29.3 Å². The Bertz CT molecular complexity index is 966. The lowest BCUT2D eigenvalue weighted by Crippen LogP contribution is -2.14. The summed E-state index contributed by atoms with van der Waals surface area (Å²) in [7, 11) is 3.15. The van der Waals surface area contributed by atoms with E-state index in [1.807, 2.05) is 26.0 Å². The zero-order valence-corrected chi connectivity index (χ0v) is 16.6. The lowest BCUT2D eigenvalue weighted by atomic mass is 10.1. The first-order valence-corrected chi connectivity index (χ1v) is 9.51. The highest BCUT2D eigenvalue weighted by molar-refractivity contribution is 8.00. The number of hydrogen-bond acceptors (Lipinski definition) is 5. The molecule has 1 amide bonds. The number of rotatable bonds is 6. The van der Waals surface area contributed by atoms with E-state index in [0.29, 0.717) is 17.2 Å². The summed E-state index contributed by atoms with van der Waals surface area (Å²) in [5.74, 6) is 1.41. The summed E-state index contributed by atoms with van der Waals surface area (Å²) < 4.78 is 10.5. The molecular formula is C21H22N2O3S. The van der Waals surface area contributed by atoms with Crippen LogP contribution in [0, 0.1) is 13.8 Å².